The second-order valence-corrected chi connectivity index (χ2v) is 4.01. The van der Waals surface area contributed by atoms with Crippen molar-refractivity contribution in [2.24, 2.45) is 0 Å². The fraction of sp³-hybridized carbons (Fsp3) is 0.0909. The van der Waals surface area contributed by atoms with Crippen molar-refractivity contribution in [3.8, 4) is 0 Å². The van der Waals surface area contributed by atoms with Crippen molar-refractivity contribution in [1.29, 1.82) is 0 Å². The van der Waals surface area contributed by atoms with E-state index in [1.165, 1.54) is 24.4 Å². The predicted octanol–water partition coefficient (Wildman–Crippen LogP) is -0.618. The molecule has 8 heteroatoms. The van der Waals surface area contributed by atoms with Crippen LogP contribution in [0.15, 0.2) is 48.7 Å². The number of nitrogens with one attached hydrogen (secondary N) is 2. The third kappa shape index (κ3) is 2.75. The van der Waals surface area contributed by atoms with Gasteiger partial charge in [0.05, 0.1) is 4.92 Å². The summed E-state index contributed by atoms with van der Waals surface area (Å²) >= 11 is 0. The van der Waals surface area contributed by atoms with Crippen LogP contribution in [0.1, 0.15) is 0 Å². The van der Waals surface area contributed by atoms with Crippen LogP contribution in [0.2, 0.25) is 0 Å². The average molecular weight is 261 g/mol. The third-order valence-corrected chi connectivity index (χ3v) is 2.66. The molecule has 1 aliphatic rings. The van der Waals surface area contributed by atoms with Crippen LogP contribution in [0, 0.1) is 10.1 Å². The molecule has 1 aromatic carbocycles. The van der Waals surface area contributed by atoms with Gasteiger partial charge >= 0.3 is 12.9 Å². The van der Waals surface area contributed by atoms with Gasteiger partial charge < -0.3 is 15.4 Å². The van der Waals surface area contributed by atoms with Gasteiger partial charge in [-0.15, -0.1) is 0 Å². The number of hydrogen-bond acceptors (Lipinski definition) is 6. The van der Waals surface area contributed by atoms with E-state index in [1.54, 1.807) is 24.3 Å². The molecule has 4 N–H and O–H groups in total. The lowest BCUT2D eigenvalue weighted by molar-refractivity contribution is -0.552. The van der Waals surface area contributed by atoms with Gasteiger partial charge in [0.1, 0.15) is 0 Å². The minimum atomic E-state index is -1.65. The standard InChI is InChI=1S/C11H12BN3O4/c16-12(17)9-4-3-5-10(8-9)14-11(15(18)19)6-1-2-7-13-11/h1-8,13-14,16-17H. The molecule has 0 spiro atoms. The Hall–Kier alpha value is -2.32. The van der Waals surface area contributed by atoms with E-state index >= 15 is 0 Å². The zero-order valence-corrected chi connectivity index (χ0v) is 9.85. The predicted molar refractivity (Wildman–Crippen MR) is 71.0 cm³/mol. The molecule has 19 heavy (non-hydrogen) atoms. The van der Waals surface area contributed by atoms with Crippen molar-refractivity contribution in [3.63, 3.8) is 0 Å². The Labute approximate surface area is 109 Å². The first-order valence-electron chi connectivity index (χ1n) is 5.54. The maximum Gasteiger partial charge on any atom is 0.488 e. The smallest absolute Gasteiger partial charge is 0.423 e. The van der Waals surface area contributed by atoms with Crippen molar-refractivity contribution < 1.29 is 15.0 Å². The molecule has 2 rings (SSSR count). The van der Waals surface area contributed by atoms with Gasteiger partial charge in [-0.25, -0.2) is 0 Å². The molecular weight excluding hydrogens is 249 g/mol. The van der Waals surface area contributed by atoms with Crippen molar-refractivity contribution >= 4 is 18.3 Å². The average Bonchev–Trinajstić information content (AvgIpc) is 2.40. The summed E-state index contributed by atoms with van der Waals surface area (Å²) in [6, 6.07) is 6.13. The Balaban J connectivity index is 2.28. The van der Waals surface area contributed by atoms with E-state index in [0.717, 1.165) is 0 Å². The van der Waals surface area contributed by atoms with Gasteiger partial charge in [-0.05, 0) is 23.7 Å². The minimum Gasteiger partial charge on any atom is -0.423 e. The Bertz CT molecular complexity index is 546. The van der Waals surface area contributed by atoms with Crippen LogP contribution >= 0.6 is 0 Å². The largest absolute Gasteiger partial charge is 0.488 e. The summed E-state index contributed by atoms with van der Waals surface area (Å²) in [5.74, 6) is -1.65. The molecule has 0 saturated heterocycles. The van der Waals surface area contributed by atoms with Crippen LogP contribution in [-0.4, -0.2) is 27.9 Å². The van der Waals surface area contributed by atoms with Gasteiger partial charge in [-0.2, -0.15) is 0 Å². The van der Waals surface area contributed by atoms with Crippen molar-refractivity contribution in [3.05, 3.63) is 58.8 Å². The molecule has 0 bridgehead atoms. The number of nitrogens with zero attached hydrogens (tertiary/aromatic N) is 1. The van der Waals surface area contributed by atoms with E-state index in [1.807, 2.05) is 0 Å². The van der Waals surface area contributed by atoms with E-state index < -0.39 is 17.8 Å². The van der Waals surface area contributed by atoms with E-state index in [9.17, 15) is 10.1 Å². The van der Waals surface area contributed by atoms with Gasteiger partial charge in [0.2, 0.25) is 0 Å². The Kier molecular flexibility index (Phi) is 3.54. The van der Waals surface area contributed by atoms with Gasteiger partial charge in [-0.1, -0.05) is 18.2 Å². The third-order valence-electron chi connectivity index (χ3n) is 2.66. The summed E-state index contributed by atoms with van der Waals surface area (Å²) in [5, 5.41) is 34.7. The summed E-state index contributed by atoms with van der Waals surface area (Å²) in [6.45, 7) is 0. The zero-order chi connectivity index (χ0) is 13.9. The highest BCUT2D eigenvalue weighted by atomic mass is 16.6. The van der Waals surface area contributed by atoms with Gasteiger partial charge in [0.15, 0.2) is 0 Å². The van der Waals surface area contributed by atoms with Crippen LogP contribution < -0.4 is 16.1 Å². The molecule has 0 saturated carbocycles. The molecular formula is C11H12BN3O4. The minimum absolute atomic E-state index is 0.249. The maximum absolute atomic E-state index is 11.2. The summed E-state index contributed by atoms with van der Waals surface area (Å²) in [4.78, 5) is 10.7. The fourth-order valence-corrected chi connectivity index (χ4v) is 1.71. The quantitative estimate of drug-likeness (QED) is 0.249. The fourth-order valence-electron chi connectivity index (χ4n) is 1.71. The van der Waals surface area contributed by atoms with Gasteiger partial charge in [-0.3, -0.25) is 15.4 Å². The van der Waals surface area contributed by atoms with Crippen LogP contribution in [0.4, 0.5) is 5.69 Å². The summed E-state index contributed by atoms with van der Waals surface area (Å²) in [7, 11) is -1.62. The van der Waals surface area contributed by atoms with Crippen molar-refractivity contribution in [2.45, 2.75) is 5.79 Å². The number of nitro groups is 1. The summed E-state index contributed by atoms with van der Waals surface area (Å²) in [5.41, 5.74) is 0.647. The number of anilines is 1. The topological polar surface area (TPSA) is 108 Å². The Morgan fingerprint density at radius 2 is 2.16 bits per heavy atom. The molecule has 1 aromatic rings. The number of allylic oxidation sites excluding steroid dienone is 2. The summed E-state index contributed by atoms with van der Waals surface area (Å²) in [6.07, 6.45) is 6.02. The number of dihydropyridines is 1. The molecule has 1 atom stereocenters. The molecule has 1 aliphatic heterocycles. The monoisotopic (exact) mass is 261 g/mol. The molecule has 0 radical (unpaired) electrons. The lowest BCUT2D eigenvalue weighted by Crippen LogP contribution is -2.55. The molecule has 0 aromatic heterocycles. The molecule has 0 fully saturated rings. The first kappa shape index (κ1) is 13.1. The molecule has 7 nitrogen and oxygen atoms in total. The Morgan fingerprint density at radius 3 is 2.74 bits per heavy atom. The SMILES string of the molecule is O=[N+]([O-])C1(Nc2cccc(B(O)O)c2)C=CC=CN1. The highest BCUT2D eigenvalue weighted by Gasteiger charge is 2.40. The summed E-state index contributed by atoms with van der Waals surface area (Å²) < 4.78 is 0. The number of hydrogen-bond donors (Lipinski definition) is 4. The number of benzene rings is 1. The van der Waals surface area contributed by atoms with Crippen molar-refractivity contribution in [2.75, 3.05) is 5.32 Å². The van der Waals surface area contributed by atoms with Crippen LogP contribution in [0.5, 0.6) is 0 Å². The van der Waals surface area contributed by atoms with E-state index in [2.05, 4.69) is 10.6 Å². The Morgan fingerprint density at radius 1 is 1.37 bits per heavy atom. The highest BCUT2D eigenvalue weighted by Crippen LogP contribution is 2.16. The molecule has 0 aliphatic carbocycles. The highest BCUT2D eigenvalue weighted by molar-refractivity contribution is 6.58. The lowest BCUT2D eigenvalue weighted by atomic mass is 9.80. The van der Waals surface area contributed by atoms with Crippen molar-refractivity contribution in [1.82, 2.24) is 5.32 Å². The number of rotatable bonds is 4. The second kappa shape index (κ2) is 5.13. The zero-order valence-electron chi connectivity index (χ0n) is 9.85. The molecule has 1 heterocycles. The molecule has 98 valence electrons. The van der Waals surface area contributed by atoms with Crippen LogP contribution in [-0.2, 0) is 0 Å². The second-order valence-electron chi connectivity index (χ2n) is 4.01. The lowest BCUT2D eigenvalue weighted by Gasteiger charge is -2.25. The first-order valence-corrected chi connectivity index (χ1v) is 5.54. The van der Waals surface area contributed by atoms with E-state index in [-0.39, 0.29) is 5.46 Å². The maximum atomic E-state index is 11.2. The van der Waals surface area contributed by atoms with E-state index in [0.29, 0.717) is 5.69 Å². The van der Waals surface area contributed by atoms with Crippen LogP contribution in [0.25, 0.3) is 0 Å². The van der Waals surface area contributed by atoms with Gasteiger partial charge in [0, 0.05) is 18.0 Å². The molecule has 1 unspecified atom stereocenters. The van der Waals surface area contributed by atoms with Gasteiger partial charge in [0.25, 0.3) is 0 Å². The van der Waals surface area contributed by atoms with Crippen LogP contribution in [0.3, 0.4) is 0 Å². The normalized spacial score (nSPS) is 20.7. The van der Waals surface area contributed by atoms with E-state index in [4.69, 9.17) is 10.0 Å². The first-order chi connectivity index (χ1) is 9.03. The molecule has 0 amide bonds.